The zero-order valence-corrected chi connectivity index (χ0v) is 12.5. The van der Waals surface area contributed by atoms with Crippen molar-refractivity contribution in [2.24, 2.45) is 0 Å². The first-order valence-electron chi connectivity index (χ1n) is 6.67. The second-order valence-electron chi connectivity index (χ2n) is 5.32. The Labute approximate surface area is 120 Å². The zero-order valence-electron chi connectivity index (χ0n) is 10.9. The normalized spacial score (nSPS) is 19.2. The van der Waals surface area contributed by atoms with Gasteiger partial charge in [0.25, 0.3) is 0 Å². The molecule has 5 heteroatoms. The van der Waals surface area contributed by atoms with Gasteiger partial charge in [0, 0.05) is 11.4 Å². The molecule has 19 heavy (non-hydrogen) atoms. The first-order valence-corrected chi connectivity index (χ1v) is 8.86. The van der Waals surface area contributed by atoms with Crippen molar-refractivity contribution in [3.8, 4) is 0 Å². The quantitative estimate of drug-likeness (QED) is 0.850. The van der Waals surface area contributed by atoms with Crippen LogP contribution < -0.4 is 4.72 Å². The summed E-state index contributed by atoms with van der Waals surface area (Å²) >= 11 is 6.02. The average Bonchev–Trinajstić information content (AvgIpc) is 2.40. The lowest BCUT2D eigenvalue weighted by molar-refractivity contribution is 0.298. The molecule has 0 aromatic heterocycles. The van der Waals surface area contributed by atoms with Crippen LogP contribution in [0.5, 0.6) is 0 Å². The van der Waals surface area contributed by atoms with Gasteiger partial charge in [-0.15, -0.1) is 11.6 Å². The summed E-state index contributed by atoms with van der Waals surface area (Å²) in [5, 5.41) is 0. The van der Waals surface area contributed by atoms with E-state index < -0.39 is 15.6 Å². The van der Waals surface area contributed by atoms with Crippen molar-refractivity contribution in [1.82, 2.24) is 4.72 Å². The van der Waals surface area contributed by atoms with Gasteiger partial charge in [-0.3, -0.25) is 0 Å². The Bertz CT molecular complexity index is 495. The van der Waals surface area contributed by atoms with E-state index in [1.54, 1.807) is 0 Å². The van der Waals surface area contributed by atoms with Crippen LogP contribution in [0.15, 0.2) is 30.3 Å². The Morgan fingerprint density at radius 1 is 1.11 bits per heavy atom. The summed E-state index contributed by atoms with van der Waals surface area (Å²) in [6, 6.07) is 9.23. The van der Waals surface area contributed by atoms with Gasteiger partial charge in [-0.25, -0.2) is 13.1 Å². The number of hydrogen-bond donors (Lipinski definition) is 1. The smallest absolute Gasteiger partial charge is 0.212 e. The third-order valence-corrected chi connectivity index (χ3v) is 5.61. The Balaban J connectivity index is 2.07. The van der Waals surface area contributed by atoms with Gasteiger partial charge in [0.05, 0.1) is 5.75 Å². The minimum Gasteiger partial charge on any atom is -0.212 e. The first kappa shape index (κ1) is 14.8. The number of hydrogen-bond acceptors (Lipinski definition) is 2. The molecular formula is C14H20ClNO2S. The standard InChI is InChI=1S/C14H20ClNO2S/c15-12-14(9-5-2-6-10-14)16-19(17,18)11-13-7-3-1-4-8-13/h1,3-4,7-8,16H,2,5-6,9-12H2. The third-order valence-electron chi connectivity index (χ3n) is 3.64. The topological polar surface area (TPSA) is 46.2 Å². The predicted octanol–water partition coefficient (Wildman–Crippen LogP) is 3.05. The Kier molecular flexibility index (Phi) is 4.87. The molecule has 106 valence electrons. The van der Waals surface area contributed by atoms with Crippen molar-refractivity contribution in [3.05, 3.63) is 35.9 Å². The van der Waals surface area contributed by atoms with Gasteiger partial charge < -0.3 is 0 Å². The van der Waals surface area contributed by atoms with Gasteiger partial charge in [0.1, 0.15) is 0 Å². The number of sulfonamides is 1. The van der Waals surface area contributed by atoms with Gasteiger partial charge in [0.15, 0.2) is 0 Å². The van der Waals surface area contributed by atoms with Crippen LogP contribution in [0.4, 0.5) is 0 Å². The maximum absolute atomic E-state index is 12.3. The van der Waals surface area contributed by atoms with E-state index in [-0.39, 0.29) is 5.75 Å². The molecule has 1 aromatic carbocycles. The van der Waals surface area contributed by atoms with Crippen LogP contribution in [0, 0.1) is 0 Å². The molecule has 1 saturated carbocycles. The Morgan fingerprint density at radius 3 is 2.32 bits per heavy atom. The number of alkyl halides is 1. The third kappa shape index (κ3) is 4.20. The molecule has 0 amide bonds. The summed E-state index contributed by atoms with van der Waals surface area (Å²) in [5.74, 6) is 0.369. The fraction of sp³-hybridized carbons (Fsp3) is 0.571. The average molecular weight is 302 g/mol. The Hall–Kier alpha value is -0.580. The number of halogens is 1. The molecule has 0 heterocycles. The number of nitrogens with one attached hydrogen (secondary N) is 1. The molecule has 0 saturated heterocycles. The molecule has 0 bridgehead atoms. The van der Waals surface area contributed by atoms with Crippen LogP contribution >= 0.6 is 11.6 Å². The molecule has 1 aliphatic carbocycles. The maximum Gasteiger partial charge on any atom is 0.216 e. The monoisotopic (exact) mass is 301 g/mol. The molecule has 0 spiro atoms. The molecule has 1 aromatic rings. The second-order valence-corrected chi connectivity index (χ2v) is 7.31. The van der Waals surface area contributed by atoms with Crippen LogP contribution in [-0.2, 0) is 15.8 Å². The van der Waals surface area contributed by atoms with Gasteiger partial charge in [-0.1, -0.05) is 49.6 Å². The molecule has 1 aliphatic rings. The highest BCUT2D eigenvalue weighted by Gasteiger charge is 2.35. The second kappa shape index (κ2) is 6.25. The van der Waals surface area contributed by atoms with Gasteiger partial charge in [-0.05, 0) is 18.4 Å². The summed E-state index contributed by atoms with van der Waals surface area (Å²) < 4.78 is 27.4. The number of benzene rings is 1. The van der Waals surface area contributed by atoms with Gasteiger partial charge >= 0.3 is 0 Å². The van der Waals surface area contributed by atoms with E-state index in [2.05, 4.69) is 4.72 Å². The van der Waals surface area contributed by atoms with E-state index in [0.29, 0.717) is 5.88 Å². The molecule has 0 radical (unpaired) electrons. The summed E-state index contributed by atoms with van der Waals surface area (Å²) in [4.78, 5) is 0. The van der Waals surface area contributed by atoms with E-state index in [4.69, 9.17) is 11.6 Å². The SMILES string of the molecule is O=S(=O)(Cc1ccccc1)NC1(CCl)CCCCC1. The minimum absolute atomic E-state index is 0.0203. The highest BCUT2D eigenvalue weighted by molar-refractivity contribution is 7.88. The zero-order chi connectivity index (χ0) is 13.8. The van der Waals surface area contributed by atoms with Crippen LogP contribution in [-0.4, -0.2) is 19.8 Å². The molecule has 3 nitrogen and oxygen atoms in total. The fourth-order valence-corrected chi connectivity index (χ4v) is 4.70. The van der Waals surface area contributed by atoms with Crippen molar-refractivity contribution >= 4 is 21.6 Å². The van der Waals surface area contributed by atoms with Crippen LogP contribution in [0.2, 0.25) is 0 Å². The fourth-order valence-electron chi connectivity index (χ4n) is 2.65. The summed E-state index contributed by atoms with van der Waals surface area (Å²) in [6.45, 7) is 0. The van der Waals surface area contributed by atoms with Crippen molar-refractivity contribution in [1.29, 1.82) is 0 Å². The van der Waals surface area contributed by atoms with E-state index in [1.807, 2.05) is 30.3 Å². The molecule has 2 rings (SSSR count). The highest BCUT2D eigenvalue weighted by Crippen LogP contribution is 2.30. The van der Waals surface area contributed by atoms with Crippen molar-refractivity contribution < 1.29 is 8.42 Å². The molecule has 0 aliphatic heterocycles. The summed E-state index contributed by atoms with van der Waals surface area (Å²) in [6.07, 6.45) is 4.93. The van der Waals surface area contributed by atoms with Crippen LogP contribution in [0.25, 0.3) is 0 Å². The molecule has 0 unspecified atom stereocenters. The molecular weight excluding hydrogens is 282 g/mol. The van der Waals surface area contributed by atoms with E-state index in [9.17, 15) is 8.42 Å². The van der Waals surface area contributed by atoms with Crippen molar-refractivity contribution in [3.63, 3.8) is 0 Å². The predicted molar refractivity (Wildman–Crippen MR) is 78.7 cm³/mol. The summed E-state index contributed by atoms with van der Waals surface area (Å²) in [5.41, 5.74) is 0.364. The van der Waals surface area contributed by atoms with Crippen LogP contribution in [0.1, 0.15) is 37.7 Å². The molecule has 1 N–H and O–H groups in total. The lowest BCUT2D eigenvalue weighted by atomic mass is 9.84. The lowest BCUT2D eigenvalue weighted by Crippen LogP contribution is -2.51. The number of rotatable bonds is 5. The molecule has 0 atom stereocenters. The van der Waals surface area contributed by atoms with E-state index in [0.717, 1.165) is 31.2 Å². The largest absolute Gasteiger partial charge is 0.216 e. The highest BCUT2D eigenvalue weighted by atomic mass is 35.5. The maximum atomic E-state index is 12.3. The van der Waals surface area contributed by atoms with Crippen molar-refractivity contribution in [2.45, 2.75) is 43.4 Å². The minimum atomic E-state index is -3.34. The molecule has 1 fully saturated rings. The van der Waals surface area contributed by atoms with E-state index >= 15 is 0 Å². The van der Waals surface area contributed by atoms with Crippen molar-refractivity contribution in [2.75, 3.05) is 5.88 Å². The van der Waals surface area contributed by atoms with Crippen LogP contribution in [0.3, 0.4) is 0 Å². The van der Waals surface area contributed by atoms with Gasteiger partial charge in [0.2, 0.25) is 10.0 Å². The Morgan fingerprint density at radius 2 is 1.74 bits per heavy atom. The van der Waals surface area contributed by atoms with Gasteiger partial charge in [-0.2, -0.15) is 0 Å². The first-order chi connectivity index (χ1) is 9.05. The lowest BCUT2D eigenvalue weighted by Gasteiger charge is -2.36. The van der Waals surface area contributed by atoms with E-state index in [1.165, 1.54) is 6.42 Å². The summed E-state index contributed by atoms with van der Waals surface area (Å²) in [7, 11) is -3.34.